The molecule has 0 aromatic carbocycles. The van der Waals surface area contributed by atoms with E-state index in [9.17, 15) is 75.7 Å². The van der Waals surface area contributed by atoms with E-state index in [0.29, 0.717) is 12.8 Å². The monoisotopic (exact) mass is 1050 g/mol. The van der Waals surface area contributed by atoms with Crippen LogP contribution in [0.2, 0.25) is 0 Å². The van der Waals surface area contributed by atoms with Gasteiger partial charge in [-0.1, -0.05) is 122 Å². The van der Waals surface area contributed by atoms with Gasteiger partial charge in [0.05, 0.1) is 50.7 Å². The number of carbonyl (C=O) groups is 3. The number of aliphatic hydroxyl groups excluding tert-OH is 11. The maximum atomic E-state index is 13.2. The van der Waals surface area contributed by atoms with Gasteiger partial charge in [-0.15, -0.1) is 0 Å². The normalized spacial score (nSPS) is 32.5. The number of unbranched alkanes of at least 4 members (excludes halogenated alkanes) is 16. The van der Waals surface area contributed by atoms with Crippen LogP contribution in [-0.4, -0.2) is 215 Å². The zero-order valence-electron chi connectivity index (χ0n) is 43.0. The Balaban J connectivity index is 1.74. The molecule has 426 valence electrons. The molecule has 23 nitrogen and oxygen atoms in total. The van der Waals surface area contributed by atoms with Gasteiger partial charge in [0.15, 0.2) is 12.6 Å². The Labute approximate surface area is 429 Å². The number of carboxylic acid groups (broad SMARTS) is 1. The SMILES string of the molecule is CCCCCCCCC/C=C/C(O)C(COC1OC(CO)C(OC2OC(CO)C(O)C(OC3(C(=O)O)CC(O)C(NC(C)=O)C(C(O)C(O)CO)O3)C2O)C(O)C1O)NC(=O)CCCCCCCCCCCC. The van der Waals surface area contributed by atoms with E-state index in [2.05, 4.69) is 24.5 Å². The fourth-order valence-corrected chi connectivity index (χ4v) is 9.35. The number of hydrogen-bond acceptors (Lipinski definition) is 20. The Morgan fingerprint density at radius 3 is 1.82 bits per heavy atom. The number of aliphatic hydroxyl groups is 11. The summed E-state index contributed by atoms with van der Waals surface area (Å²) in [4.78, 5) is 38.1. The molecule has 3 saturated heterocycles. The van der Waals surface area contributed by atoms with Crippen LogP contribution < -0.4 is 10.6 Å². The van der Waals surface area contributed by atoms with Crippen molar-refractivity contribution in [2.45, 2.75) is 259 Å². The minimum atomic E-state index is -3.08. The third kappa shape index (κ3) is 20.4. The van der Waals surface area contributed by atoms with Crippen LogP contribution in [0.1, 0.15) is 149 Å². The fraction of sp³-hybridized carbons (Fsp3) is 0.900. The molecule has 3 fully saturated rings. The van der Waals surface area contributed by atoms with Crippen LogP contribution >= 0.6 is 0 Å². The zero-order chi connectivity index (χ0) is 54.1. The van der Waals surface area contributed by atoms with Crippen molar-refractivity contribution in [3.8, 4) is 0 Å². The summed E-state index contributed by atoms with van der Waals surface area (Å²) in [6, 6.07) is -2.61. The molecule has 0 aromatic heterocycles. The summed E-state index contributed by atoms with van der Waals surface area (Å²) in [5.74, 6) is -6.15. The first-order valence-corrected chi connectivity index (χ1v) is 26.6. The summed E-state index contributed by atoms with van der Waals surface area (Å²) < 4.78 is 34.5. The topological polar surface area (TPSA) is 373 Å². The van der Waals surface area contributed by atoms with Gasteiger partial charge < -0.3 is 100 Å². The second kappa shape index (κ2) is 34.3. The van der Waals surface area contributed by atoms with Gasteiger partial charge in [0.1, 0.15) is 67.1 Å². The molecule has 3 rings (SSSR count). The van der Waals surface area contributed by atoms with E-state index in [1.165, 1.54) is 44.9 Å². The number of carboxylic acids is 1. The van der Waals surface area contributed by atoms with Crippen LogP contribution in [0.4, 0.5) is 0 Å². The number of hydrogen-bond donors (Lipinski definition) is 14. The Bertz CT molecular complexity index is 1580. The first-order valence-electron chi connectivity index (χ1n) is 26.6. The molecule has 18 atom stereocenters. The van der Waals surface area contributed by atoms with E-state index in [0.717, 1.165) is 64.7 Å². The largest absolute Gasteiger partial charge is 0.477 e. The van der Waals surface area contributed by atoms with Crippen LogP contribution in [0.15, 0.2) is 12.2 Å². The molecule has 18 unspecified atom stereocenters. The van der Waals surface area contributed by atoms with Crippen LogP contribution in [0.25, 0.3) is 0 Å². The molecule has 0 aromatic rings. The fourth-order valence-electron chi connectivity index (χ4n) is 9.35. The molecular weight excluding hydrogens is 965 g/mol. The highest BCUT2D eigenvalue weighted by Crippen LogP contribution is 2.38. The predicted molar refractivity (Wildman–Crippen MR) is 260 cm³/mol. The molecule has 3 aliphatic heterocycles. The molecule has 3 aliphatic rings. The number of rotatable bonds is 36. The van der Waals surface area contributed by atoms with Crippen molar-refractivity contribution in [1.82, 2.24) is 10.6 Å². The minimum Gasteiger partial charge on any atom is -0.477 e. The summed E-state index contributed by atoms with van der Waals surface area (Å²) >= 11 is 0. The Kier molecular flexibility index (Phi) is 30.4. The molecule has 3 heterocycles. The predicted octanol–water partition coefficient (Wildman–Crippen LogP) is -0.345. The standard InChI is InChI=1S/C50H90N2O21/c1-4-6-8-10-12-14-16-18-20-22-24-37(60)52-31(32(57)23-21-19-17-15-13-11-9-7-5-2)29-68-47-42(64)41(63)44(36(28-55)70-47)71-48-43(65)46(40(62)35(27-54)69-48)73-50(49(66)67)25-33(58)38(51-30(3)56)45(72-50)39(61)34(59)26-53/h21,23,31-36,38-48,53-55,57-59,61-65H,4-20,22,24-29H2,1-3H3,(H,51,56)(H,52,60)(H,66,67)/b23-21+. The average Bonchev–Trinajstić information content (AvgIpc) is 3.36. The molecule has 2 amide bonds. The van der Waals surface area contributed by atoms with Crippen molar-refractivity contribution in [2.24, 2.45) is 0 Å². The van der Waals surface area contributed by atoms with Crippen molar-refractivity contribution in [1.29, 1.82) is 0 Å². The summed E-state index contributed by atoms with van der Waals surface area (Å²) in [7, 11) is 0. The summed E-state index contributed by atoms with van der Waals surface area (Å²) in [6.07, 6.45) is -6.56. The second-order valence-corrected chi connectivity index (χ2v) is 19.7. The van der Waals surface area contributed by atoms with Crippen molar-refractivity contribution in [2.75, 3.05) is 26.4 Å². The lowest BCUT2D eigenvalue weighted by Crippen LogP contribution is -2.70. The molecule has 0 radical (unpaired) electrons. The van der Waals surface area contributed by atoms with E-state index in [1.54, 1.807) is 6.08 Å². The minimum absolute atomic E-state index is 0.202. The Morgan fingerprint density at radius 2 is 1.27 bits per heavy atom. The summed E-state index contributed by atoms with van der Waals surface area (Å²) in [6.45, 7) is 2.00. The van der Waals surface area contributed by atoms with Gasteiger partial charge in [-0.3, -0.25) is 9.59 Å². The number of allylic oxidation sites excluding steroid dienone is 1. The van der Waals surface area contributed by atoms with Gasteiger partial charge in [-0.25, -0.2) is 4.79 Å². The molecule has 0 bridgehead atoms. The second-order valence-electron chi connectivity index (χ2n) is 19.7. The van der Waals surface area contributed by atoms with Gasteiger partial charge in [-0.2, -0.15) is 0 Å². The summed E-state index contributed by atoms with van der Waals surface area (Å²) in [5.41, 5.74) is 0. The quantitative estimate of drug-likeness (QED) is 0.0282. The number of aliphatic carboxylic acids is 1. The third-order valence-electron chi connectivity index (χ3n) is 13.7. The van der Waals surface area contributed by atoms with Gasteiger partial charge in [-0.05, 0) is 19.3 Å². The van der Waals surface area contributed by atoms with E-state index < -0.39 is 155 Å². The third-order valence-corrected chi connectivity index (χ3v) is 13.7. The van der Waals surface area contributed by atoms with Gasteiger partial charge in [0.25, 0.3) is 5.79 Å². The zero-order valence-corrected chi connectivity index (χ0v) is 43.0. The number of amides is 2. The van der Waals surface area contributed by atoms with Crippen LogP contribution in [0, 0.1) is 0 Å². The Morgan fingerprint density at radius 1 is 0.712 bits per heavy atom. The Hall–Kier alpha value is -2.53. The molecular formula is C50H90N2O21. The van der Waals surface area contributed by atoms with Crippen molar-refractivity contribution < 1.29 is 104 Å². The van der Waals surface area contributed by atoms with Crippen molar-refractivity contribution >= 4 is 17.8 Å². The van der Waals surface area contributed by atoms with E-state index in [1.807, 2.05) is 6.08 Å². The number of ether oxygens (including phenoxy) is 6. The average molecular weight is 1060 g/mol. The van der Waals surface area contributed by atoms with Gasteiger partial charge >= 0.3 is 5.97 Å². The lowest BCUT2D eigenvalue weighted by Gasteiger charge is -2.50. The molecule has 73 heavy (non-hydrogen) atoms. The lowest BCUT2D eigenvalue weighted by molar-refractivity contribution is -0.386. The van der Waals surface area contributed by atoms with E-state index in [-0.39, 0.29) is 12.3 Å². The van der Waals surface area contributed by atoms with Crippen LogP contribution in [0.5, 0.6) is 0 Å². The number of carbonyl (C=O) groups excluding carboxylic acids is 2. The maximum absolute atomic E-state index is 13.2. The molecule has 23 heteroatoms. The molecule has 0 saturated carbocycles. The summed E-state index contributed by atoms with van der Waals surface area (Å²) in [5, 5.41) is 135. The van der Waals surface area contributed by atoms with Crippen molar-refractivity contribution in [3.05, 3.63) is 12.2 Å². The number of nitrogens with one attached hydrogen (secondary N) is 2. The highest BCUT2D eigenvalue weighted by atomic mass is 16.8. The smallest absolute Gasteiger partial charge is 0.364 e. The highest BCUT2D eigenvalue weighted by Gasteiger charge is 2.60. The van der Waals surface area contributed by atoms with Gasteiger partial charge in [0.2, 0.25) is 11.8 Å². The molecule has 0 spiro atoms. The molecule has 14 N–H and O–H groups in total. The first-order chi connectivity index (χ1) is 34.9. The van der Waals surface area contributed by atoms with Gasteiger partial charge in [0, 0.05) is 19.8 Å². The first kappa shape index (κ1) is 64.8. The van der Waals surface area contributed by atoms with Crippen LogP contribution in [0.3, 0.4) is 0 Å². The maximum Gasteiger partial charge on any atom is 0.364 e. The van der Waals surface area contributed by atoms with Crippen LogP contribution in [-0.2, 0) is 42.8 Å². The molecule has 0 aliphatic carbocycles. The van der Waals surface area contributed by atoms with E-state index in [4.69, 9.17) is 28.4 Å². The lowest BCUT2D eigenvalue weighted by atomic mass is 9.88. The van der Waals surface area contributed by atoms with E-state index >= 15 is 0 Å². The van der Waals surface area contributed by atoms with Crippen molar-refractivity contribution in [3.63, 3.8) is 0 Å². The highest BCUT2D eigenvalue weighted by molar-refractivity contribution is 5.77.